The SMILES string of the molecule is CN(C)c1ccc([C@H](CNC(=O)c2ccccc2C(F)(F)F)N(C)C)cc1. The molecule has 0 saturated heterocycles. The molecule has 0 aliphatic heterocycles. The Hall–Kier alpha value is -2.54. The predicted octanol–water partition coefficient (Wildman–Crippen LogP) is 3.80. The third-order valence-electron chi connectivity index (χ3n) is 4.35. The number of anilines is 1. The quantitative estimate of drug-likeness (QED) is 0.829. The first-order valence-corrected chi connectivity index (χ1v) is 8.49. The molecule has 0 saturated carbocycles. The largest absolute Gasteiger partial charge is 0.417 e. The van der Waals surface area contributed by atoms with Crippen LogP contribution in [0.15, 0.2) is 48.5 Å². The number of carbonyl (C=O) groups is 1. The van der Waals surface area contributed by atoms with Crippen LogP contribution in [0.5, 0.6) is 0 Å². The fourth-order valence-corrected chi connectivity index (χ4v) is 2.81. The third kappa shape index (κ3) is 5.23. The van der Waals surface area contributed by atoms with Crippen molar-refractivity contribution >= 4 is 11.6 Å². The molecule has 0 fully saturated rings. The summed E-state index contributed by atoms with van der Waals surface area (Å²) < 4.78 is 39.3. The molecule has 0 aromatic heterocycles. The van der Waals surface area contributed by atoms with Gasteiger partial charge in [-0.1, -0.05) is 24.3 Å². The molecule has 146 valence electrons. The minimum atomic E-state index is -4.57. The fourth-order valence-electron chi connectivity index (χ4n) is 2.81. The van der Waals surface area contributed by atoms with Crippen LogP contribution in [0.3, 0.4) is 0 Å². The summed E-state index contributed by atoms with van der Waals surface area (Å²) in [6.45, 7) is 0.194. The van der Waals surface area contributed by atoms with Gasteiger partial charge < -0.3 is 15.1 Å². The molecule has 0 radical (unpaired) electrons. The summed E-state index contributed by atoms with van der Waals surface area (Å²) in [6, 6.07) is 12.5. The van der Waals surface area contributed by atoms with E-state index in [0.29, 0.717) is 0 Å². The maximum Gasteiger partial charge on any atom is 0.417 e. The lowest BCUT2D eigenvalue weighted by atomic mass is 10.0. The Kier molecular flexibility index (Phi) is 6.49. The van der Waals surface area contributed by atoms with E-state index in [0.717, 1.165) is 17.3 Å². The molecule has 4 nitrogen and oxygen atoms in total. The maximum absolute atomic E-state index is 13.1. The molecule has 0 bridgehead atoms. The van der Waals surface area contributed by atoms with Crippen molar-refractivity contribution in [3.8, 4) is 0 Å². The average Bonchev–Trinajstić information content (AvgIpc) is 2.61. The first kappa shape index (κ1) is 20.8. The van der Waals surface area contributed by atoms with E-state index >= 15 is 0 Å². The summed E-state index contributed by atoms with van der Waals surface area (Å²) >= 11 is 0. The van der Waals surface area contributed by atoms with Gasteiger partial charge in [-0.2, -0.15) is 13.2 Å². The Bertz CT molecular complexity index is 771. The second kappa shape index (κ2) is 8.43. The van der Waals surface area contributed by atoms with Crippen molar-refractivity contribution in [2.24, 2.45) is 0 Å². The fraction of sp³-hybridized carbons (Fsp3) is 0.350. The number of nitrogens with zero attached hydrogens (tertiary/aromatic N) is 2. The summed E-state index contributed by atoms with van der Waals surface area (Å²) in [7, 11) is 7.61. The number of amides is 1. The number of benzene rings is 2. The number of carbonyl (C=O) groups excluding carboxylic acids is 1. The first-order valence-electron chi connectivity index (χ1n) is 8.49. The van der Waals surface area contributed by atoms with Crippen molar-refractivity contribution in [3.63, 3.8) is 0 Å². The zero-order chi connectivity index (χ0) is 20.2. The van der Waals surface area contributed by atoms with Gasteiger partial charge >= 0.3 is 6.18 Å². The Morgan fingerprint density at radius 3 is 2.11 bits per heavy atom. The van der Waals surface area contributed by atoms with Gasteiger partial charge in [-0.3, -0.25) is 4.79 Å². The van der Waals surface area contributed by atoms with Crippen LogP contribution in [-0.4, -0.2) is 45.5 Å². The topological polar surface area (TPSA) is 35.6 Å². The second-order valence-corrected chi connectivity index (χ2v) is 6.72. The van der Waals surface area contributed by atoms with Gasteiger partial charge in [-0.25, -0.2) is 0 Å². The molecule has 0 aliphatic carbocycles. The lowest BCUT2D eigenvalue weighted by molar-refractivity contribution is -0.137. The van der Waals surface area contributed by atoms with E-state index < -0.39 is 17.6 Å². The number of rotatable bonds is 6. The van der Waals surface area contributed by atoms with Crippen molar-refractivity contribution in [2.45, 2.75) is 12.2 Å². The molecule has 1 atom stereocenters. The van der Waals surface area contributed by atoms with E-state index in [1.807, 2.05) is 62.3 Å². The highest BCUT2D eigenvalue weighted by Gasteiger charge is 2.34. The second-order valence-electron chi connectivity index (χ2n) is 6.72. The first-order chi connectivity index (χ1) is 12.6. The molecule has 0 unspecified atom stereocenters. The predicted molar refractivity (Wildman–Crippen MR) is 101 cm³/mol. The van der Waals surface area contributed by atoms with Gasteiger partial charge in [-0.15, -0.1) is 0 Å². The van der Waals surface area contributed by atoms with E-state index in [-0.39, 0.29) is 18.2 Å². The van der Waals surface area contributed by atoms with Crippen molar-refractivity contribution in [3.05, 3.63) is 65.2 Å². The lowest BCUT2D eigenvalue weighted by Gasteiger charge is -2.26. The molecular formula is C20H24F3N3O. The van der Waals surface area contributed by atoms with Crippen molar-refractivity contribution in [2.75, 3.05) is 39.6 Å². The Morgan fingerprint density at radius 1 is 1.00 bits per heavy atom. The van der Waals surface area contributed by atoms with Crippen LogP contribution in [0.25, 0.3) is 0 Å². The molecule has 2 aromatic rings. The summed E-state index contributed by atoms with van der Waals surface area (Å²) in [6.07, 6.45) is -4.57. The van der Waals surface area contributed by atoms with E-state index in [1.165, 1.54) is 18.2 Å². The van der Waals surface area contributed by atoms with Gasteiger partial charge in [0.1, 0.15) is 0 Å². The van der Waals surface area contributed by atoms with E-state index in [2.05, 4.69) is 5.32 Å². The van der Waals surface area contributed by atoms with Crippen LogP contribution in [0.4, 0.5) is 18.9 Å². The minimum absolute atomic E-state index is 0.164. The van der Waals surface area contributed by atoms with Crippen LogP contribution < -0.4 is 10.2 Å². The Labute approximate surface area is 157 Å². The van der Waals surface area contributed by atoms with E-state index in [1.54, 1.807) is 0 Å². The van der Waals surface area contributed by atoms with Gasteiger partial charge in [0.05, 0.1) is 17.2 Å². The average molecular weight is 379 g/mol. The van der Waals surface area contributed by atoms with E-state index in [9.17, 15) is 18.0 Å². The number of alkyl halides is 3. The number of nitrogens with one attached hydrogen (secondary N) is 1. The monoisotopic (exact) mass is 379 g/mol. The molecule has 7 heteroatoms. The normalized spacial score (nSPS) is 12.7. The smallest absolute Gasteiger partial charge is 0.378 e. The number of likely N-dealkylation sites (N-methyl/N-ethyl adjacent to an activating group) is 1. The van der Waals surface area contributed by atoms with Crippen LogP contribution in [0.2, 0.25) is 0 Å². The van der Waals surface area contributed by atoms with Crippen molar-refractivity contribution < 1.29 is 18.0 Å². The summed E-state index contributed by atoms with van der Waals surface area (Å²) in [5, 5.41) is 2.64. The molecule has 2 aromatic carbocycles. The summed E-state index contributed by atoms with van der Waals surface area (Å²) in [4.78, 5) is 16.3. The molecule has 0 aliphatic rings. The van der Waals surface area contributed by atoms with Crippen molar-refractivity contribution in [1.29, 1.82) is 0 Å². The van der Waals surface area contributed by atoms with Gasteiger partial charge in [-0.05, 0) is 43.9 Å². The molecule has 0 heterocycles. The summed E-state index contributed by atoms with van der Waals surface area (Å²) in [5.41, 5.74) is 0.708. The lowest BCUT2D eigenvalue weighted by Crippen LogP contribution is -2.35. The molecule has 0 spiro atoms. The van der Waals surface area contributed by atoms with Crippen LogP contribution >= 0.6 is 0 Å². The highest BCUT2D eigenvalue weighted by Crippen LogP contribution is 2.31. The standard InChI is InChI=1S/C20H24F3N3O/c1-25(2)15-11-9-14(10-12-15)18(26(3)4)13-24-19(27)16-7-5-6-8-17(16)20(21,22)23/h5-12,18H,13H2,1-4H3,(H,24,27)/t18-/m0/s1. The van der Waals surface area contributed by atoms with Gasteiger partial charge in [0, 0.05) is 26.3 Å². The van der Waals surface area contributed by atoms with Gasteiger partial charge in [0.25, 0.3) is 5.91 Å². The Balaban J connectivity index is 2.16. The van der Waals surface area contributed by atoms with Gasteiger partial charge in [0.2, 0.25) is 0 Å². The number of hydrogen-bond acceptors (Lipinski definition) is 3. The van der Waals surface area contributed by atoms with Gasteiger partial charge in [0.15, 0.2) is 0 Å². The van der Waals surface area contributed by atoms with Crippen LogP contribution in [0.1, 0.15) is 27.5 Å². The molecule has 2 rings (SSSR count). The highest BCUT2D eigenvalue weighted by atomic mass is 19.4. The number of halogens is 3. The van der Waals surface area contributed by atoms with Crippen LogP contribution in [-0.2, 0) is 6.18 Å². The van der Waals surface area contributed by atoms with E-state index in [4.69, 9.17) is 0 Å². The van der Waals surface area contributed by atoms with Crippen molar-refractivity contribution in [1.82, 2.24) is 10.2 Å². The molecule has 1 N–H and O–H groups in total. The van der Waals surface area contributed by atoms with Crippen LogP contribution in [0, 0.1) is 0 Å². The maximum atomic E-state index is 13.1. The Morgan fingerprint density at radius 2 is 1.59 bits per heavy atom. The molecular weight excluding hydrogens is 355 g/mol. The number of hydrogen-bond donors (Lipinski definition) is 1. The minimum Gasteiger partial charge on any atom is -0.378 e. The molecule has 27 heavy (non-hydrogen) atoms. The summed E-state index contributed by atoms with van der Waals surface area (Å²) in [5.74, 6) is -0.736. The zero-order valence-corrected chi connectivity index (χ0v) is 15.8. The highest BCUT2D eigenvalue weighted by molar-refractivity contribution is 5.95. The molecule has 1 amide bonds. The third-order valence-corrected chi connectivity index (χ3v) is 4.35. The zero-order valence-electron chi connectivity index (χ0n) is 15.8.